The second-order valence-corrected chi connectivity index (χ2v) is 4.38. The average Bonchev–Trinajstić information content (AvgIpc) is 2.33. The zero-order valence-corrected chi connectivity index (χ0v) is 11.4. The molecule has 100 valence electrons. The SMILES string of the molecule is CCN(C(=O)c1cc(C)ccc1F)C(C)COC. The fourth-order valence-corrected chi connectivity index (χ4v) is 1.94. The van der Waals surface area contributed by atoms with Crippen LogP contribution in [0.4, 0.5) is 4.39 Å². The second kappa shape index (κ2) is 6.50. The molecule has 4 heteroatoms. The molecule has 1 atom stereocenters. The number of hydrogen-bond acceptors (Lipinski definition) is 2. The number of methoxy groups -OCH3 is 1. The van der Waals surface area contributed by atoms with Gasteiger partial charge in [-0.3, -0.25) is 4.79 Å². The molecule has 1 aromatic carbocycles. The van der Waals surface area contributed by atoms with Crippen LogP contribution < -0.4 is 0 Å². The van der Waals surface area contributed by atoms with Gasteiger partial charge in [-0.2, -0.15) is 0 Å². The number of likely N-dealkylation sites (N-methyl/N-ethyl adjacent to an activating group) is 1. The number of carbonyl (C=O) groups is 1. The molecule has 0 bridgehead atoms. The van der Waals surface area contributed by atoms with Crippen LogP contribution in [0, 0.1) is 12.7 Å². The molecule has 0 N–H and O–H groups in total. The molecule has 0 heterocycles. The van der Waals surface area contributed by atoms with Gasteiger partial charge >= 0.3 is 0 Å². The second-order valence-electron chi connectivity index (χ2n) is 4.38. The van der Waals surface area contributed by atoms with E-state index in [2.05, 4.69) is 0 Å². The molecular formula is C14H20FNO2. The number of nitrogens with zero attached hydrogens (tertiary/aromatic N) is 1. The van der Waals surface area contributed by atoms with Gasteiger partial charge in [0.1, 0.15) is 5.82 Å². The number of halogens is 1. The molecule has 1 rings (SSSR count). The van der Waals surface area contributed by atoms with E-state index in [0.29, 0.717) is 13.2 Å². The molecule has 0 radical (unpaired) electrons. The summed E-state index contributed by atoms with van der Waals surface area (Å²) in [5.74, 6) is -0.767. The molecule has 0 aromatic heterocycles. The fourth-order valence-electron chi connectivity index (χ4n) is 1.94. The lowest BCUT2D eigenvalue weighted by molar-refractivity contribution is 0.0575. The van der Waals surface area contributed by atoms with E-state index in [1.54, 1.807) is 24.1 Å². The number of rotatable bonds is 5. The standard InChI is InChI=1S/C14H20FNO2/c1-5-16(11(3)9-18-4)14(17)12-8-10(2)6-7-13(12)15/h6-8,11H,5,9H2,1-4H3. The van der Waals surface area contributed by atoms with Gasteiger partial charge in [0.15, 0.2) is 0 Å². The first kappa shape index (κ1) is 14.6. The summed E-state index contributed by atoms with van der Waals surface area (Å²) >= 11 is 0. The van der Waals surface area contributed by atoms with Crippen molar-refractivity contribution in [2.45, 2.75) is 26.8 Å². The zero-order valence-electron chi connectivity index (χ0n) is 11.4. The monoisotopic (exact) mass is 253 g/mol. The van der Waals surface area contributed by atoms with E-state index in [9.17, 15) is 9.18 Å². The van der Waals surface area contributed by atoms with Crippen LogP contribution in [0.3, 0.4) is 0 Å². The Balaban J connectivity index is 2.99. The van der Waals surface area contributed by atoms with Crippen molar-refractivity contribution in [2.75, 3.05) is 20.3 Å². The molecule has 1 amide bonds. The van der Waals surface area contributed by atoms with Crippen molar-refractivity contribution in [1.29, 1.82) is 0 Å². The summed E-state index contributed by atoms with van der Waals surface area (Å²) in [5, 5.41) is 0. The van der Waals surface area contributed by atoms with Crippen LogP contribution in [-0.2, 0) is 4.74 Å². The number of benzene rings is 1. The summed E-state index contributed by atoms with van der Waals surface area (Å²) < 4.78 is 18.7. The lowest BCUT2D eigenvalue weighted by Crippen LogP contribution is -2.41. The van der Waals surface area contributed by atoms with Crippen LogP contribution in [-0.4, -0.2) is 37.1 Å². The first-order valence-electron chi connectivity index (χ1n) is 6.07. The van der Waals surface area contributed by atoms with E-state index in [0.717, 1.165) is 5.56 Å². The van der Waals surface area contributed by atoms with Gasteiger partial charge < -0.3 is 9.64 Å². The molecule has 0 saturated carbocycles. The van der Waals surface area contributed by atoms with Gasteiger partial charge in [0.2, 0.25) is 0 Å². The molecular weight excluding hydrogens is 233 g/mol. The van der Waals surface area contributed by atoms with Gasteiger partial charge in [0.05, 0.1) is 18.2 Å². The van der Waals surface area contributed by atoms with Crippen LogP contribution in [0.2, 0.25) is 0 Å². The highest BCUT2D eigenvalue weighted by Gasteiger charge is 2.22. The molecule has 3 nitrogen and oxygen atoms in total. The number of amides is 1. The van der Waals surface area contributed by atoms with E-state index < -0.39 is 5.82 Å². The smallest absolute Gasteiger partial charge is 0.257 e. The molecule has 0 aliphatic heterocycles. The minimum atomic E-state index is -0.478. The molecule has 1 aromatic rings. The highest BCUT2D eigenvalue weighted by atomic mass is 19.1. The van der Waals surface area contributed by atoms with Crippen molar-refractivity contribution in [3.63, 3.8) is 0 Å². The third kappa shape index (κ3) is 3.29. The van der Waals surface area contributed by atoms with Gasteiger partial charge in [0, 0.05) is 13.7 Å². The summed E-state index contributed by atoms with van der Waals surface area (Å²) in [6, 6.07) is 4.49. The molecule has 0 fully saturated rings. The summed E-state index contributed by atoms with van der Waals surface area (Å²) in [6.45, 7) is 6.56. The molecule has 0 aliphatic carbocycles. The minimum absolute atomic E-state index is 0.0765. The molecule has 0 aliphatic rings. The Bertz CT molecular complexity index is 420. The summed E-state index contributed by atoms with van der Waals surface area (Å²) in [6.07, 6.45) is 0. The maximum absolute atomic E-state index is 13.7. The first-order valence-corrected chi connectivity index (χ1v) is 6.07. The maximum Gasteiger partial charge on any atom is 0.257 e. The van der Waals surface area contributed by atoms with Crippen LogP contribution in [0.1, 0.15) is 29.8 Å². The Morgan fingerprint density at radius 3 is 2.72 bits per heavy atom. The molecule has 0 saturated heterocycles. The number of aryl methyl sites for hydroxylation is 1. The van der Waals surface area contributed by atoms with Crippen LogP contribution in [0.25, 0.3) is 0 Å². The Hall–Kier alpha value is -1.42. The maximum atomic E-state index is 13.7. The number of ether oxygens (including phenoxy) is 1. The van der Waals surface area contributed by atoms with Gasteiger partial charge in [-0.05, 0) is 32.9 Å². The van der Waals surface area contributed by atoms with E-state index in [-0.39, 0.29) is 17.5 Å². The summed E-state index contributed by atoms with van der Waals surface area (Å²) in [4.78, 5) is 13.9. The van der Waals surface area contributed by atoms with Gasteiger partial charge in [0.25, 0.3) is 5.91 Å². The van der Waals surface area contributed by atoms with Gasteiger partial charge in [-0.25, -0.2) is 4.39 Å². The van der Waals surface area contributed by atoms with Crippen LogP contribution in [0.15, 0.2) is 18.2 Å². The van der Waals surface area contributed by atoms with E-state index in [1.807, 2.05) is 20.8 Å². The first-order chi connectivity index (χ1) is 8.51. The van der Waals surface area contributed by atoms with Crippen molar-refractivity contribution in [3.8, 4) is 0 Å². The molecule has 18 heavy (non-hydrogen) atoms. The third-order valence-corrected chi connectivity index (χ3v) is 2.89. The Morgan fingerprint density at radius 1 is 1.50 bits per heavy atom. The predicted octanol–water partition coefficient (Wildman–Crippen LogP) is 2.63. The average molecular weight is 253 g/mol. The number of carbonyl (C=O) groups excluding carboxylic acids is 1. The van der Waals surface area contributed by atoms with Gasteiger partial charge in [-0.15, -0.1) is 0 Å². The van der Waals surface area contributed by atoms with Crippen molar-refractivity contribution < 1.29 is 13.9 Å². The zero-order chi connectivity index (χ0) is 13.7. The van der Waals surface area contributed by atoms with E-state index in [4.69, 9.17) is 4.74 Å². The van der Waals surface area contributed by atoms with E-state index >= 15 is 0 Å². The van der Waals surface area contributed by atoms with Crippen molar-refractivity contribution in [3.05, 3.63) is 35.1 Å². The third-order valence-electron chi connectivity index (χ3n) is 2.89. The normalized spacial score (nSPS) is 12.3. The Kier molecular flexibility index (Phi) is 5.28. The minimum Gasteiger partial charge on any atom is -0.383 e. The fraction of sp³-hybridized carbons (Fsp3) is 0.500. The number of hydrogen-bond donors (Lipinski definition) is 0. The van der Waals surface area contributed by atoms with Crippen LogP contribution in [0.5, 0.6) is 0 Å². The Morgan fingerprint density at radius 2 is 2.17 bits per heavy atom. The highest BCUT2D eigenvalue weighted by Crippen LogP contribution is 2.14. The topological polar surface area (TPSA) is 29.5 Å². The molecule has 0 spiro atoms. The highest BCUT2D eigenvalue weighted by molar-refractivity contribution is 5.94. The lowest BCUT2D eigenvalue weighted by Gasteiger charge is -2.27. The summed E-state index contributed by atoms with van der Waals surface area (Å²) in [7, 11) is 1.59. The summed E-state index contributed by atoms with van der Waals surface area (Å²) in [5.41, 5.74) is 0.995. The van der Waals surface area contributed by atoms with E-state index in [1.165, 1.54) is 6.07 Å². The van der Waals surface area contributed by atoms with Crippen molar-refractivity contribution in [1.82, 2.24) is 4.90 Å². The van der Waals surface area contributed by atoms with Crippen LogP contribution >= 0.6 is 0 Å². The lowest BCUT2D eigenvalue weighted by atomic mass is 10.1. The van der Waals surface area contributed by atoms with Crippen molar-refractivity contribution >= 4 is 5.91 Å². The largest absolute Gasteiger partial charge is 0.383 e. The van der Waals surface area contributed by atoms with Crippen molar-refractivity contribution in [2.24, 2.45) is 0 Å². The molecule has 1 unspecified atom stereocenters. The van der Waals surface area contributed by atoms with Gasteiger partial charge in [-0.1, -0.05) is 11.6 Å². The quantitative estimate of drug-likeness (QED) is 0.807. The predicted molar refractivity (Wildman–Crippen MR) is 69.2 cm³/mol. The Labute approximate surface area is 108 Å².